The summed E-state index contributed by atoms with van der Waals surface area (Å²) in [6, 6.07) is 12.3. The predicted octanol–water partition coefficient (Wildman–Crippen LogP) is 3.73. The van der Waals surface area contributed by atoms with Gasteiger partial charge in [0.05, 0.1) is 6.04 Å². The van der Waals surface area contributed by atoms with Crippen molar-refractivity contribution in [3.8, 4) is 11.1 Å². The van der Waals surface area contributed by atoms with E-state index in [9.17, 15) is 4.79 Å². The van der Waals surface area contributed by atoms with Gasteiger partial charge in [0.25, 0.3) is 0 Å². The number of carbonyl (C=O) groups excluding carboxylic acids is 1. The molecule has 1 aromatic heterocycles. The van der Waals surface area contributed by atoms with Gasteiger partial charge in [0.1, 0.15) is 0 Å². The average Bonchev–Trinajstić information content (AvgIpc) is 3.32. The number of carbonyl (C=O) groups is 1. The van der Waals surface area contributed by atoms with Crippen LogP contribution < -0.4 is 5.32 Å². The van der Waals surface area contributed by atoms with Crippen LogP contribution in [0.15, 0.2) is 48.8 Å². The molecule has 1 aliphatic rings. The molecule has 1 N–H and O–H groups in total. The van der Waals surface area contributed by atoms with Crippen LogP contribution in [0.3, 0.4) is 0 Å². The molecule has 1 fully saturated rings. The van der Waals surface area contributed by atoms with E-state index < -0.39 is 0 Å². The summed E-state index contributed by atoms with van der Waals surface area (Å²) in [6.07, 6.45) is 6.73. The predicted molar refractivity (Wildman–Crippen MR) is 83.6 cm³/mol. The fourth-order valence-corrected chi connectivity index (χ4v) is 2.47. The maximum Gasteiger partial charge on any atom is 0.220 e. The average molecular weight is 280 g/mol. The van der Waals surface area contributed by atoms with Gasteiger partial charge in [0, 0.05) is 18.8 Å². The smallest absolute Gasteiger partial charge is 0.220 e. The second kappa shape index (κ2) is 6.08. The molecule has 0 spiro atoms. The van der Waals surface area contributed by atoms with E-state index in [2.05, 4.69) is 34.6 Å². The zero-order valence-electron chi connectivity index (χ0n) is 12.3. The second-order valence-corrected chi connectivity index (χ2v) is 5.80. The van der Waals surface area contributed by atoms with Gasteiger partial charge in [-0.05, 0) is 48.4 Å². The molecule has 1 amide bonds. The van der Waals surface area contributed by atoms with Crippen LogP contribution in [0.1, 0.15) is 37.8 Å². The summed E-state index contributed by atoms with van der Waals surface area (Å²) in [5.74, 6) is 0.798. The molecule has 2 aromatic rings. The summed E-state index contributed by atoms with van der Waals surface area (Å²) in [4.78, 5) is 16.0. The van der Waals surface area contributed by atoms with Gasteiger partial charge < -0.3 is 5.32 Å². The third kappa shape index (κ3) is 3.69. The molecule has 1 aliphatic carbocycles. The molecule has 0 unspecified atom stereocenters. The Morgan fingerprint density at radius 1 is 1.24 bits per heavy atom. The van der Waals surface area contributed by atoms with E-state index in [1.165, 1.54) is 12.8 Å². The highest BCUT2D eigenvalue weighted by atomic mass is 16.1. The third-order valence-corrected chi connectivity index (χ3v) is 3.95. The van der Waals surface area contributed by atoms with Crippen LogP contribution in [-0.4, -0.2) is 10.9 Å². The fourth-order valence-electron chi connectivity index (χ4n) is 2.47. The highest BCUT2D eigenvalue weighted by molar-refractivity contribution is 5.77. The van der Waals surface area contributed by atoms with Crippen molar-refractivity contribution in [3.05, 3.63) is 54.4 Å². The van der Waals surface area contributed by atoms with Crippen molar-refractivity contribution < 1.29 is 4.79 Å². The molecule has 0 aliphatic heterocycles. The van der Waals surface area contributed by atoms with Gasteiger partial charge in [0.15, 0.2) is 0 Å². The molecule has 3 nitrogen and oxygen atoms in total. The summed E-state index contributed by atoms with van der Waals surface area (Å²) in [7, 11) is 0. The number of pyridine rings is 1. The summed E-state index contributed by atoms with van der Waals surface area (Å²) >= 11 is 0. The van der Waals surface area contributed by atoms with Gasteiger partial charge in [-0.25, -0.2) is 0 Å². The Bertz CT molecular complexity index is 603. The number of nitrogens with zero attached hydrogens (tertiary/aromatic N) is 1. The Morgan fingerprint density at radius 3 is 2.62 bits per heavy atom. The molecule has 3 rings (SSSR count). The lowest BCUT2D eigenvalue weighted by Gasteiger charge is -2.15. The molecule has 0 saturated heterocycles. The summed E-state index contributed by atoms with van der Waals surface area (Å²) in [6.45, 7) is 2.03. The van der Waals surface area contributed by atoms with Crippen LogP contribution >= 0.6 is 0 Å². The monoisotopic (exact) mass is 280 g/mol. The van der Waals surface area contributed by atoms with Gasteiger partial charge >= 0.3 is 0 Å². The highest BCUT2D eigenvalue weighted by Gasteiger charge is 2.24. The number of amides is 1. The van der Waals surface area contributed by atoms with Crippen LogP contribution in [0, 0.1) is 5.92 Å². The first-order chi connectivity index (χ1) is 10.2. The number of hydrogen-bond acceptors (Lipinski definition) is 2. The van der Waals surface area contributed by atoms with Crippen molar-refractivity contribution in [2.45, 2.75) is 32.2 Å². The maximum atomic E-state index is 11.8. The first-order valence-corrected chi connectivity index (χ1v) is 7.52. The van der Waals surface area contributed by atoms with Crippen molar-refractivity contribution in [1.29, 1.82) is 0 Å². The number of hydrogen-bond donors (Lipinski definition) is 1. The molecule has 0 bridgehead atoms. The lowest BCUT2D eigenvalue weighted by Crippen LogP contribution is -2.26. The second-order valence-electron chi connectivity index (χ2n) is 5.80. The Labute approximate surface area is 125 Å². The van der Waals surface area contributed by atoms with Gasteiger partial charge in [-0.3, -0.25) is 9.78 Å². The molecule has 1 aromatic carbocycles. The minimum absolute atomic E-state index is 0.0548. The van der Waals surface area contributed by atoms with Crippen molar-refractivity contribution in [3.63, 3.8) is 0 Å². The van der Waals surface area contributed by atoms with Crippen LogP contribution in [0.2, 0.25) is 0 Å². The van der Waals surface area contributed by atoms with E-state index in [1.54, 1.807) is 6.20 Å². The van der Waals surface area contributed by atoms with Gasteiger partial charge in [0.2, 0.25) is 5.91 Å². The van der Waals surface area contributed by atoms with E-state index in [-0.39, 0.29) is 11.9 Å². The van der Waals surface area contributed by atoms with Gasteiger partial charge in [-0.2, -0.15) is 0 Å². The SMILES string of the molecule is C[C@H](NC(=O)CC1CC1)c1ccc(-c2cccnc2)cc1. The van der Waals surface area contributed by atoms with Gasteiger partial charge in [-0.15, -0.1) is 0 Å². The molecular weight excluding hydrogens is 260 g/mol. The number of aromatic nitrogens is 1. The highest BCUT2D eigenvalue weighted by Crippen LogP contribution is 2.32. The minimum Gasteiger partial charge on any atom is -0.350 e. The summed E-state index contributed by atoms with van der Waals surface area (Å²) in [5, 5.41) is 3.08. The zero-order valence-corrected chi connectivity index (χ0v) is 12.3. The minimum atomic E-state index is 0.0548. The standard InChI is InChI=1S/C18H20N2O/c1-13(20-18(21)11-14-4-5-14)15-6-8-16(9-7-15)17-3-2-10-19-12-17/h2-3,6-10,12-14H,4-5,11H2,1H3,(H,20,21)/t13-/m0/s1. The van der Waals surface area contributed by atoms with Crippen LogP contribution in [0.25, 0.3) is 11.1 Å². The maximum absolute atomic E-state index is 11.8. The van der Waals surface area contributed by atoms with E-state index in [1.807, 2.05) is 25.3 Å². The first-order valence-electron chi connectivity index (χ1n) is 7.52. The van der Waals surface area contributed by atoms with Crippen molar-refractivity contribution in [2.24, 2.45) is 5.92 Å². The van der Waals surface area contributed by atoms with Crippen molar-refractivity contribution in [1.82, 2.24) is 10.3 Å². The van der Waals surface area contributed by atoms with E-state index in [4.69, 9.17) is 0 Å². The number of rotatable bonds is 5. The molecule has 1 atom stereocenters. The lowest BCUT2D eigenvalue weighted by atomic mass is 10.0. The third-order valence-electron chi connectivity index (χ3n) is 3.95. The molecule has 108 valence electrons. The van der Waals surface area contributed by atoms with E-state index in [0.717, 1.165) is 16.7 Å². The lowest BCUT2D eigenvalue weighted by molar-refractivity contribution is -0.122. The fraction of sp³-hybridized carbons (Fsp3) is 0.333. The quantitative estimate of drug-likeness (QED) is 0.906. The zero-order chi connectivity index (χ0) is 14.7. The number of nitrogens with one attached hydrogen (secondary N) is 1. The van der Waals surface area contributed by atoms with E-state index >= 15 is 0 Å². The Morgan fingerprint density at radius 2 is 2.00 bits per heavy atom. The van der Waals surface area contributed by atoms with Crippen LogP contribution in [0.5, 0.6) is 0 Å². The molecule has 3 heteroatoms. The molecule has 0 radical (unpaired) electrons. The molecule has 1 saturated carbocycles. The molecule has 21 heavy (non-hydrogen) atoms. The van der Waals surface area contributed by atoms with Crippen molar-refractivity contribution >= 4 is 5.91 Å². The van der Waals surface area contributed by atoms with E-state index in [0.29, 0.717) is 12.3 Å². The van der Waals surface area contributed by atoms with Crippen LogP contribution in [-0.2, 0) is 4.79 Å². The Kier molecular flexibility index (Phi) is 4.00. The van der Waals surface area contributed by atoms with Gasteiger partial charge in [-0.1, -0.05) is 30.3 Å². The Hall–Kier alpha value is -2.16. The molecular formula is C18H20N2O. The molecule has 1 heterocycles. The Balaban J connectivity index is 1.64. The number of benzene rings is 1. The topological polar surface area (TPSA) is 42.0 Å². The van der Waals surface area contributed by atoms with Crippen molar-refractivity contribution in [2.75, 3.05) is 0 Å². The summed E-state index contributed by atoms with van der Waals surface area (Å²) < 4.78 is 0. The normalized spacial score (nSPS) is 15.5. The largest absolute Gasteiger partial charge is 0.350 e. The summed E-state index contributed by atoms with van der Waals surface area (Å²) in [5.41, 5.74) is 3.38. The first kappa shape index (κ1) is 13.8. The van der Waals surface area contributed by atoms with Crippen LogP contribution in [0.4, 0.5) is 0 Å².